The third-order valence-electron chi connectivity index (χ3n) is 10.9. The second-order valence-corrected chi connectivity index (χ2v) is 17.4. The van der Waals surface area contributed by atoms with E-state index in [1.165, 1.54) is 24.0 Å². The first-order valence-electron chi connectivity index (χ1n) is 21.5. The molecule has 2 saturated heterocycles. The van der Waals surface area contributed by atoms with Gasteiger partial charge in [0.15, 0.2) is 0 Å². The summed E-state index contributed by atoms with van der Waals surface area (Å²) in [7, 11) is 2.50. The second-order valence-electron chi connectivity index (χ2n) is 17.4. The summed E-state index contributed by atoms with van der Waals surface area (Å²) in [5, 5.41) is 17.2. The van der Waals surface area contributed by atoms with Crippen molar-refractivity contribution >= 4 is 42.0 Å². The number of alkyl carbamates (subject to hydrolysis) is 2. The molecular weight excluding hydrogens is 819 g/mol. The maximum atomic E-state index is 13.8. The summed E-state index contributed by atoms with van der Waals surface area (Å²) in [4.78, 5) is 77.2. The smallest absolute Gasteiger partial charge is 0.410 e. The number of amides is 5. The molecule has 0 bridgehead atoms. The van der Waals surface area contributed by atoms with Gasteiger partial charge in [0.2, 0.25) is 11.8 Å². The van der Waals surface area contributed by atoms with Crippen molar-refractivity contribution in [2.75, 3.05) is 40.4 Å². The van der Waals surface area contributed by atoms with Crippen LogP contribution in [0.2, 0.25) is 0 Å². The third kappa shape index (κ3) is 12.6. The van der Waals surface area contributed by atoms with Crippen LogP contribution in [0.3, 0.4) is 0 Å². The summed E-state index contributed by atoms with van der Waals surface area (Å²) in [6, 6.07) is 12.7. The largest absolute Gasteiger partial charge is 0.453 e. The van der Waals surface area contributed by atoms with Crippen LogP contribution in [0, 0.1) is 29.1 Å². The number of nitrogens with zero attached hydrogens (tertiary/aromatic N) is 4. The molecule has 3 heterocycles. The van der Waals surface area contributed by atoms with Crippen LogP contribution in [0.25, 0.3) is 17.3 Å². The first-order chi connectivity index (χ1) is 30.4. The van der Waals surface area contributed by atoms with E-state index in [4.69, 9.17) is 19.6 Å². The molecule has 5 amide bonds. The highest BCUT2D eigenvalue weighted by Crippen LogP contribution is 2.33. The van der Waals surface area contributed by atoms with E-state index in [1.54, 1.807) is 58.0 Å². The number of aromatic nitrogens is 2. The average molecular weight is 880 g/mol. The molecule has 17 heteroatoms. The summed E-state index contributed by atoms with van der Waals surface area (Å²) >= 11 is 0. The van der Waals surface area contributed by atoms with Crippen LogP contribution in [0.15, 0.2) is 60.9 Å². The summed E-state index contributed by atoms with van der Waals surface area (Å²) in [5.41, 5.74) is 3.47. The Morgan fingerprint density at radius 2 is 1.39 bits per heavy atom. The van der Waals surface area contributed by atoms with Gasteiger partial charge in [-0.2, -0.15) is 0 Å². The lowest BCUT2D eigenvalue weighted by Crippen LogP contribution is -2.64. The van der Waals surface area contributed by atoms with Gasteiger partial charge < -0.3 is 49.8 Å². The fourth-order valence-electron chi connectivity index (χ4n) is 7.39. The highest BCUT2D eigenvalue weighted by molar-refractivity contribution is 5.94. The fourth-order valence-corrected chi connectivity index (χ4v) is 7.39. The van der Waals surface area contributed by atoms with E-state index in [0.29, 0.717) is 12.4 Å². The molecular formula is C47H61N9O8. The van der Waals surface area contributed by atoms with Crippen LogP contribution in [-0.2, 0) is 23.8 Å². The lowest BCUT2D eigenvalue weighted by Gasteiger charge is -2.43. The highest BCUT2D eigenvalue weighted by Gasteiger charge is 2.41. The van der Waals surface area contributed by atoms with Gasteiger partial charge in [-0.25, -0.2) is 19.4 Å². The van der Waals surface area contributed by atoms with Crippen LogP contribution in [0.4, 0.5) is 14.4 Å². The highest BCUT2D eigenvalue weighted by atomic mass is 16.6. The number of hydrogen-bond donors (Lipinski definition) is 5. The Morgan fingerprint density at radius 1 is 0.828 bits per heavy atom. The van der Waals surface area contributed by atoms with Crippen LogP contribution in [0.1, 0.15) is 89.9 Å². The number of nitrogens with one attached hydrogen (secondary N) is 5. The molecule has 1 aromatic heterocycles. The second kappa shape index (κ2) is 21.5. The topological polar surface area (TPSA) is 211 Å². The Hall–Kier alpha value is -6.83. The van der Waals surface area contributed by atoms with Gasteiger partial charge in [0.1, 0.15) is 35.4 Å². The maximum absolute atomic E-state index is 13.8. The van der Waals surface area contributed by atoms with E-state index in [9.17, 15) is 24.0 Å². The molecule has 64 heavy (non-hydrogen) atoms. The first kappa shape index (κ1) is 48.2. The van der Waals surface area contributed by atoms with Crippen LogP contribution in [0.5, 0.6) is 0 Å². The van der Waals surface area contributed by atoms with Gasteiger partial charge in [-0.15, -0.1) is 0 Å². The van der Waals surface area contributed by atoms with Crippen molar-refractivity contribution in [2.24, 2.45) is 11.8 Å². The lowest BCUT2D eigenvalue weighted by atomic mass is 10.0. The van der Waals surface area contributed by atoms with Crippen molar-refractivity contribution in [2.45, 2.75) is 91.1 Å². The van der Waals surface area contributed by atoms with E-state index in [0.717, 1.165) is 40.8 Å². The average Bonchev–Trinajstić information content (AvgIpc) is 3.97. The molecule has 0 saturated carbocycles. The Kier molecular flexibility index (Phi) is 16.2. The molecule has 2 aliphatic heterocycles. The fraction of sp³-hybridized carbons (Fsp3) is 0.468. The number of hydrogen-bond acceptors (Lipinski definition) is 10. The molecule has 2 fully saturated rings. The lowest BCUT2D eigenvalue weighted by molar-refractivity contribution is -0.137. The summed E-state index contributed by atoms with van der Waals surface area (Å²) in [6.45, 7) is 13.6. The first-order valence-corrected chi connectivity index (χ1v) is 21.5. The normalized spacial score (nSPS) is 17.3. The number of ether oxygens (including phenoxy) is 3. The van der Waals surface area contributed by atoms with Crippen molar-refractivity contribution < 1.29 is 38.2 Å². The number of aromatic amines is 1. The number of H-pyrrole nitrogens is 1. The summed E-state index contributed by atoms with van der Waals surface area (Å²) in [5.74, 6) is 6.14. The van der Waals surface area contributed by atoms with Crippen molar-refractivity contribution in [3.8, 4) is 23.1 Å². The van der Waals surface area contributed by atoms with E-state index >= 15 is 0 Å². The molecule has 4 atom stereocenters. The van der Waals surface area contributed by atoms with Gasteiger partial charge in [-0.1, -0.05) is 63.8 Å². The van der Waals surface area contributed by atoms with Crippen LogP contribution >= 0.6 is 0 Å². The van der Waals surface area contributed by atoms with Gasteiger partial charge in [-0.05, 0) is 86.9 Å². The van der Waals surface area contributed by atoms with E-state index in [-0.39, 0.29) is 55.2 Å². The zero-order valence-electron chi connectivity index (χ0n) is 38.1. The van der Waals surface area contributed by atoms with Gasteiger partial charge in [-0.3, -0.25) is 15.0 Å². The minimum atomic E-state index is -0.901. The Bertz CT molecular complexity index is 2240. The van der Waals surface area contributed by atoms with E-state index in [2.05, 4.69) is 37.8 Å². The van der Waals surface area contributed by atoms with E-state index in [1.807, 2.05) is 62.4 Å². The molecule has 17 nitrogen and oxygen atoms in total. The number of rotatable bonds is 11. The number of methoxy groups -OCH3 is 2. The Balaban J connectivity index is 1.20. The number of carbonyl (C=O) groups excluding carboxylic acids is 5. The monoisotopic (exact) mass is 879 g/mol. The number of benzene rings is 2. The van der Waals surface area contributed by atoms with Crippen molar-refractivity contribution in [1.82, 2.24) is 40.6 Å². The molecule has 0 unspecified atom stereocenters. The van der Waals surface area contributed by atoms with Crippen LogP contribution in [-0.4, -0.2) is 125 Å². The molecule has 3 aromatic rings. The predicted octanol–water partition coefficient (Wildman–Crippen LogP) is 5.89. The maximum Gasteiger partial charge on any atom is 0.410 e. The Morgan fingerprint density at radius 3 is 1.94 bits per heavy atom. The minimum absolute atomic E-state index is 0.0153. The summed E-state index contributed by atoms with van der Waals surface area (Å²) in [6.07, 6.45) is 4.82. The van der Waals surface area contributed by atoms with Crippen molar-refractivity contribution in [3.63, 3.8) is 0 Å². The zero-order chi connectivity index (χ0) is 46.7. The molecule has 0 spiro atoms. The molecule has 2 aromatic carbocycles. The van der Waals surface area contributed by atoms with Crippen molar-refractivity contribution in [1.29, 1.82) is 5.41 Å². The molecule has 342 valence electrons. The molecule has 5 N–H and O–H groups in total. The zero-order valence-corrected chi connectivity index (χ0v) is 38.1. The SMILES string of the molecule is COC(=O)N[C@H](C(=O)N1CCN(C(=O)OC(C)(C)C)C[C@H]1C(=N)N/C=C/c1ccc(C#Cc2ccc(-c3cnc([C@@H]4CCCN4C(=O)[C@@H](NC(=O)OC)C(C)C)[nH]3)cc2)cc1)C(C)C. The number of likely N-dealkylation sites (tertiary alicyclic amines) is 1. The number of piperazine rings is 1. The van der Waals surface area contributed by atoms with Crippen molar-refractivity contribution in [3.05, 3.63) is 83.4 Å². The van der Waals surface area contributed by atoms with Gasteiger partial charge in [0.25, 0.3) is 0 Å². The van der Waals surface area contributed by atoms with Gasteiger partial charge >= 0.3 is 18.3 Å². The number of carbonyl (C=O) groups is 5. The van der Waals surface area contributed by atoms with Gasteiger partial charge in [0, 0.05) is 37.0 Å². The molecule has 0 radical (unpaired) electrons. The minimum Gasteiger partial charge on any atom is -0.453 e. The predicted molar refractivity (Wildman–Crippen MR) is 242 cm³/mol. The number of amidine groups is 1. The standard InChI is InChI=1S/C47H61N9O8/c1-29(2)38(52-44(59)62-8)42(57)55-24-10-11-36(55)41-50-27-35(51-41)34-20-18-32(19-21-34)13-12-31-14-16-33(17-15-31)22-23-49-40(48)37-28-54(46(61)64-47(5,6)7)25-26-56(37)43(58)39(30(3)4)53-45(60)63-9/h14-23,27,29-30,36-39H,10-11,24-26,28H2,1-9H3,(H2,48,49)(H,50,51)(H,52,59)(H,53,60)/b23-22+/t36-,37-,38-,39-/m0/s1. The van der Waals surface area contributed by atoms with E-state index < -0.39 is 42.0 Å². The third-order valence-corrected chi connectivity index (χ3v) is 10.9. The van der Waals surface area contributed by atoms with Gasteiger partial charge in [0.05, 0.1) is 38.7 Å². The number of imidazole rings is 1. The van der Waals surface area contributed by atoms with Crippen LogP contribution < -0.4 is 16.0 Å². The summed E-state index contributed by atoms with van der Waals surface area (Å²) < 4.78 is 15.1. The molecule has 5 rings (SSSR count). The molecule has 0 aliphatic carbocycles. The Labute approximate surface area is 375 Å². The molecule has 2 aliphatic rings. The quantitative estimate of drug-likeness (QED) is 0.0668.